The summed E-state index contributed by atoms with van der Waals surface area (Å²) in [6, 6.07) is 15.5. The van der Waals surface area contributed by atoms with E-state index in [1.165, 1.54) is 55.6 Å². The average Bonchev–Trinajstić information content (AvgIpc) is 2.75. The Kier molecular flexibility index (Phi) is 4.85. The van der Waals surface area contributed by atoms with Gasteiger partial charge in [0, 0.05) is 18.7 Å². The van der Waals surface area contributed by atoms with Gasteiger partial charge in [-0.2, -0.15) is 0 Å². The Morgan fingerprint density at radius 3 is 2.00 bits per heavy atom. The molecule has 0 radical (unpaired) electrons. The van der Waals surface area contributed by atoms with Crippen molar-refractivity contribution in [2.45, 2.75) is 43.0 Å². The molecule has 0 aromatic heterocycles. The molecule has 0 atom stereocenters. The van der Waals surface area contributed by atoms with Crippen LogP contribution in [0.15, 0.2) is 59.5 Å². The van der Waals surface area contributed by atoms with Crippen molar-refractivity contribution in [1.29, 1.82) is 0 Å². The zero-order chi connectivity index (χ0) is 20.9. The summed E-state index contributed by atoms with van der Waals surface area (Å²) in [6.45, 7) is 0. The van der Waals surface area contributed by atoms with Gasteiger partial charge in [-0.05, 0) is 92.2 Å². The van der Waals surface area contributed by atoms with Crippen molar-refractivity contribution in [1.82, 2.24) is 5.32 Å². The van der Waals surface area contributed by atoms with Crippen molar-refractivity contribution >= 4 is 21.6 Å². The minimum absolute atomic E-state index is 0.0900. The lowest BCUT2D eigenvalue weighted by molar-refractivity contribution is -0.0119. The molecule has 0 spiro atoms. The number of sulfonamides is 1. The smallest absolute Gasteiger partial charge is 0.264 e. The van der Waals surface area contributed by atoms with Gasteiger partial charge in [-0.1, -0.05) is 18.2 Å². The number of benzene rings is 2. The predicted octanol–water partition coefficient (Wildman–Crippen LogP) is 4.07. The first-order chi connectivity index (χ1) is 14.4. The van der Waals surface area contributed by atoms with Crippen LogP contribution in [0.4, 0.5) is 5.69 Å². The van der Waals surface area contributed by atoms with Gasteiger partial charge < -0.3 is 5.32 Å². The summed E-state index contributed by atoms with van der Waals surface area (Å²) in [5.41, 5.74) is 1.12. The number of hydrogen-bond donors (Lipinski definition) is 1. The van der Waals surface area contributed by atoms with E-state index in [1.54, 1.807) is 36.4 Å². The first kappa shape index (κ1) is 19.6. The Bertz CT molecular complexity index is 1010. The third-order valence-corrected chi connectivity index (χ3v) is 9.22. The average molecular weight is 425 g/mol. The maximum Gasteiger partial charge on any atom is 0.264 e. The second-order valence-electron chi connectivity index (χ2n) is 9.26. The highest BCUT2D eigenvalue weighted by molar-refractivity contribution is 7.92. The summed E-state index contributed by atoms with van der Waals surface area (Å²) in [5, 5.41) is 3.29. The highest BCUT2D eigenvalue weighted by Crippen LogP contribution is 2.53. The van der Waals surface area contributed by atoms with Gasteiger partial charge in [-0.15, -0.1) is 0 Å². The van der Waals surface area contributed by atoms with Crippen LogP contribution in [0.25, 0.3) is 0 Å². The lowest BCUT2D eigenvalue weighted by Gasteiger charge is -2.54. The van der Waals surface area contributed by atoms with Crippen LogP contribution in [0.5, 0.6) is 0 Å². The van der Waals surface area contributed by atoms with Crippen LogP contribution in [0.1, 0.15) is 42.5 Å². The van der Waals surface area contributed by atoms with E-state index in [9.17, 15) is 13.2 Å². The molecule has 0 saturated heterocycles. The molecule has 30 heavy (non-hydrogen) atoms. The molecule has 4 bridgehead atoms. The normalized spacial score (nSPS) is 29.6. The van der Waals surface area contributed by atoms with E-state index in [-0.39, 0.29) is 16.8 Å². The van der Waals surface area contributed by atoms with Crippen molar-refractivity contribution in [3.63, 3.8) is 0 Å². The monoisotopic (exact) mass is 424 g/mol. The molecule has 2 aromatic carbocycles. The summed E-state index contributed by atoms with van der Waals surface area (Å²) < 4.78 is 27.1. The number of rotatable bonds is 5. The molecule has 1 amide bonds. The van der Waals surface area contributed by atoms with Crippen molar-refractivity contribution in [2.75, 3.05) is 11.4 Å². The van der Waals surface area contributed by atoms with Crippen molar-refractivity contribution in [3.05, 3.63) is 60.2 Å². The van der Waals surface area contributed by atoms with Gasteiger partial charge in [0.25, 0.3) is 15.9 Å². The fraction of sp³-hybridized carbons (Fsp3) is 0.458. The quantitative estimate of drug-likeness (QED) is 0.787. The van der Waals surface area contributed by atoms with Gasteiger partial charge in [0.2, 0.25) is 0 Å². The standard InChI is InChI=1S/C24H28N2O3S/c1-26(21-5-3-2-4-6-21)30(28,29)22-9-7-18(8-10-22)24(27)25-23-19-12-16-11-17(14-19)15-20(23)13-16/h2-10,16-17,19-20,23H,11-15H2,1H3,(H,25,27). The van der Waals surface area contributed by atoms with E-state index in [1.807, 2.05) is 6.07 Å². The number of nitrogens with one attached hydrogen (secondary N) is 1. The number of para-hydroxylation sites is 1. The van der Waals surface area contributed by atoms with Crippen LogP contribution < -0.4 is 9.62 Å². The van der Waals surface area contributed by atoms with Gasteiger partial charge in [0.15, 0.2) is 0 Å². The SMILES string of the molecule is CN(c1ccccc1)S(=O)(=O)c1ccc(C(=O)NC2C3CC4CC(C3)CC2C4)cc1. The molecule has 5 nitrogen and oxygen atoms in total. The number of amides is 1. The molecule has 6 heteroatoms. The van der Waals surface area contributed by atoms with Crippen LogP contribution in [0.2, 0.25) is 0 Å². The molecule has 2 aromatic rings. The lowest BCUT2D eigenvalue weighted by atomic mass is 9.54. The van der Waals surface area contributed by atoms with E-state index in [4.69, 9.17) is 0 Å². The molecule has 1 N–H and O–H groups in total. The number of nitrogens with zero attached hydrogens (tertiary/aromatic N) is 1. The van der Waals surface area contributed by atoms with E-state index >= 15 is 0 Å². The van der Waals surface area contributed by atoms with Gasteiger partial charge in [-0.25, -0.2) is 8.42 Å². The Hall–Kier alpha value is -2.34. The Labute approximate surface area is 178 Å². The highest BCUT2D eigenvalue weighted by atomic mass is 32.2. The number of carbonyl (C=O) groups is 1. The predicted molar refractivity (Wildman–Crippen MR) is 117 cm³/mol. The van der Waals surface area contributed by atoms with Crippen molar-refractivity contribution < 1.29 is 13.2 Å². The zero-order valence-electron chi connectivity index (χ0n) is 17.2. The second kappa shape index (κ2) is 7.41. The molecular weight excluding hydrogens is 396 g/mol. The van der Waals surface area contributed by atoms with Gasteiger partial charge in [0.1, 0.15) is 0 Å². The summed E-state index contributed by atoms with van der Waals surface area (Å²) in [4.78, 5) is 13.1. The van der Waals surface area contributed by atoms with Crippen molar-refractivity contribution in [2.24, 2.45) is 23.7 Å². The summed E-state index contributed by atoms with van der Waals surface area (Å²) in [7, 11) is -2.13. The van der Waals surface area contributed by atoms with Crippen LogP contribution in [-0.4, -0.2) is 27.4 Å². The summed E-state index contributed by atoms with van der Waals surface area (Å²) >= 11 is 0. The number of carbonyl (C=O) groups excluding carboxylic acids is 1. The maximum absolute atomic E-state index is 12.9. The molecule has 0 heterocycles. The van der Waals surface area contributed by atoms with Gasteiger partial charge in [0.05, 0.1) is 10.6 Å². The third kappa shape index (κ3) is 3.41. The molecule has 4 aliphatic carbocycles. The molecule has 4 aliphatic rings. The Morgan fingerprint density at radius 2 is 1.43 bits per heavy atom. The fourth-order valence-corrected chi connectivity index (χ4v) is 7.30. The van der Waals surface area contributed by atoms with Crippen LogP contribution in [-0.2, 0) is 10.0 Å². The van der Waals surface area contributed by atoms with Crippen molar-refractivity contribution in [3.8, 4) is 0 Å². The van der Waals surface area contributed by atoms with Gasteiger partial charge >= 0.3 is 0 Å². The van der Waals surface area contributed by atoms with E-state index < -0.39 is 10.0 Å². The van der Waals surface area contributed by atoms with E-state index in [0.29, 0.717) is 23.1 Å². The molecule has 0 aliphatic heterocycles. The molecular formula is C24H28N2O3S. The Morgan fingerprint density at radius 1 is 0.867 bits per heavy atom. The van der Waals surface area contributed by atoms with Crippen LogP contribution in [0.3, 0.4) is 0 Å². The molecule has 4 saturated carbocycles. The molecule has 4 fully saturated rings. The second-order valence-corrected chi connectivity index (χ2v) is 11.2. The zero-order valence-corrected chi connectivity index (χ0v) is 18.0. The molecule has 158 valence electrons. The van der Waals surface area contributed by atoms with E-state index in [0.717, 1.165) is 11.8 Å². The fourth-order valence-electron chi connectivity index (χ4n) is 6.11. The molecule has 0 unspecified atom stereocenters. The maximum atomic E-state index is 12.9. The van der Waals surface area contributed by atoms with E-state index in [2.05, 4.69) is 5.32 Å². The summed E-state index contributed by atoms with van der Waals surface area (Å²) in [6.07, 6.45) is 6.39. The molecule has 6 rings (SSSR count). The third-order valence-electron chi connectivity index (χ3n) is 7.42. The topological polar surface area (TPSA) is 66.5 Å². The number of anilines is 1. The number of hydrogen-bond acceptors (Lipinski definition) is 3. The lowest BCUT2D eigenvalue weighted by Crippen LogP contribution is -2.55. The van der Waals surface area contributed by atoms with Crippen LogP contribution >= 0.6 is 0 Å². The first-order valence-electron chi connectivity index (χ1n) is 10.9. The highest BCUT2D eigenvalue weighted by Gasteiger charge is 2.48. The first-order valence-corrected chi connectivity index (χ1v) is 12.3. The minimum atomic E-state index is -3.67. The summed E-state index contributed by atoms with van der Waals surface area (Å²) in [5.74, 6) is 2.88. The minimum Gasteiger partial charge on any atom is -0.349 e. The van der Waals surface area contributed by atoms with Crippen LogP contribution in [0, 0.1) is 23.7 Å². The van der Waals surface area contributed by atoms with Gasteiger partial charge in [-0.3, -0.25) is 9.10 Å². The largest absolute Gasteiger partial charge is 0.349 e. The Balaban J connectivity index is 1.29.